The fourth-order valence-electron chi connectivity index (χ4n) is 7.57. The summed E-state index contributed by atoms with van der Waals surface area (Å²) in [5.41, 5.74) is 2.96. The van der Waals surface area contributed by atoms with Gasteiger partial charge in [-0.25, -0.2) is 4.39 Å². The summed E-state index contributed by atoms with van der Waals surface area (Å²) >= 11 is 6.17. The number of anilines is 2. The number of benzene rings is 3. The van der Waals surface area contributed by atoms with E-state index in [0.717, 1.165) is 22.5 Å². The fraction of sp³-hybridized carbons (Fsp3) is 0.321. The van der Waals surface area contributed by atoms with Gasteiger partial charge in [-0.3, -0.25) is 9.69 Å². The molecule has 4 saturated heterocycles. The zero-order valence-electron chi connectivity index (χ0n) is 19.3. The van der Waals surface area contributed by atoms with Crippen LogP contribution >= 0.6 is 11.6 Å². The first-order valence-electron chi connectivity index (χ1n) is 12.4. The predicted octanol–water partition coefficient (Wildman–Crippen LogP) is 4.17. The molecule has 6 nitrogen and oxygen atoms in total. The van der Waals surface area contributed by atoms with Crippen molar-refractivity contribution in [2.45, 2.75) is 48.5 Å². The highest BCUT2D eigenvalue weighted by Gasteiger charge is 2.87. The second-order valence-electron chi connectivity index (χ2n) is 10.5. The third-order valence-electron chi connectivity index (χ3n) is 8.83. The van der Waals surface area contributed by atoms with Crippen molar-refractivity contribution in [3.63, 3.8) is 0 Å². The van der Waals surface area contributed by atoms with Crippen LogP contribution in [0.5, 0.6) is 0 Å². The number of ether oxygens (including phenoxy) is 1. The molecular weight excluding hydrogens is 479 g/mol. The van der Waals surface area contributed by atoms with E-state index in [9.17, 15) is 9.18 Å². The lowest BCUT2D eigenvalue weighted by molar-refractivity contribution is -0.267. The molecule has 5 aliphatic rings. The van der Waals surface area contributed by atoms with Gasteiger partial charge in [-0.2, -0.15) is 0 Å². The monoisotopic (exact) mass is 502 g/mol. The molecule has 8 rings (SSSR count). The van der Waals surface area contributed by atoms with Gasteiger partial charge in [0.2, 0.25) is 5.91 Å². The summed E-state index contributed by atoms with van der Waals surface area (Å²) in [7, 11) is 0. The van der Waals surface area contributed by atoms with Crippen molar-refractivity contribution in [2.24, 2.45) is 0 Å². The van der Waals surface area contributed by atoms with E-state index in [1.165, 1.54) is 12.1 Å². The summed E-state index contributed by atoms with van der Waals surface area (Å²) in [5, 5.41) is 8.31. The second-order valence-corrected chi connectivity index (χ2v) is 10.9. The van der Waals surface area contributed by atoms with Crippen LogP contribution in [-0.4, -0.2) is 52.1 Å². The second kappa shape index (κ2) is 7.00. The van der Waals surface area contributed by atoms with Crippen LogP contribution in [0.4, 0.5) is 15.8 Å². The molecule has 0 radical (unpaired) electrons. The van der Waals surface area contributed by atoms with Crippen molar-refractivity contribution in [1.29, 1.82) is 0 Å². The van der Waals surface area contributed by atoms with Gasteiger partial charge < -0.3 is 20.3 Å². The largest absolute Gasteiger partial charge is 0.377 e. The molecule has 0 bridgehead atoms. The third kappa shape index (κ3) is 2.41. The zero-order valence-corrected chi connectivity index (χ0v) is 20.1. The van der Waals surface area contributed by atoms with Crippen molar-refractivity contribution in [2.75, 3.05) is 17.2 Å². The number of halogens is 2. The number of hydrogen-bond acceptors (Lipinski definition) is 5. The molecule has 1 amide bonds. The molecule has 4 unspecified atom stereocenters. The lowest BCUT2D eigenvalue weighted by Gasteiger charge is -2.59. The summed E-state index contributed by atoms with van der Waals surface area (Å²) in [4.78, 5) is 18.2. The molecule has 5 heterocycles. The van der Waals surface area contributed by atoms with Crippen molar-refractivity contribution in [3.8, 4) is 0 Å². The minimum Gasteiger partial charge on any atom is -0.377 e. The van der Waals surface area contributed by atoms with Crippen molar-refractivity contribution in [3.05, 3.63) is 94.8 Å². The van der Waals surface area contributed by atoms with Crippen LogP contribution in [-0.2, 0) is 21.7 Å². The number of nitrogens with zero attached hydrogens (tertiary/aromatic N) is 2. The minimum atomic E-state index is -0.612. The molecule has 2 N–H and O–H groups in total. The van der Waals surface area contributed by atoms with Gasteiger partial charge in [0.15, 0.2) is 11.3 Å². The van der Waals surface area contributed by atoms with Gasteiger partial charge in [0, 0.05) is 41.5 Å². The van der Waals surface area contributed by atoms with E-state index in [4.69, 9.17) is 16.3 Å². The third-order valence-corrected chi connectivity index (χ3v) is 9.08. The highest BCUT2D eigenvalue weighted by molar-refractivity contribution is 6.30. The van der Waals surface area contributed by atoms with E-state index in [2.05, 4.69) is 33.7 Å². The number of amides is 1. The number of hydrogen-bond donors (Lipinski definition) is 2. The van der Waals surface area contributed by atoms with Gasteiger partial charge >= 0.3 is 0 Å². The molecule has 1 spiro atoms. The summed E-state index contributed by atoms with van der Waals surface area (Å²) in [6, 6.07) is 22.3. The number of carbonyl (C=O) groups excluding carboxylic acids is 1. The Balaban J connectivity index is 1.23. The lowest BCUT2D eigenvalue weighted by atomic mass is 9.71. The topological polar surface area (TPSA) is 56.8 Å². The Labute approximate surface area is 213 Å². The van der Waals surface area contributed by atoms with Gasteiger partial charge in [-0.05, 0) is 48.0 Å². The Hall–Kier alpha value is -3.13. The van der Waals surface area contributed by atoms with E-state index >= 15 is 0 Å². The van der Waals surface area contributed by atoms with Crippen LogP contribution in [0.15, 0.2) is 72.8 Å². The van der Waals surface area contributed by atoms with Gasteiger partial charge in [0.05, 0.1) is 18.1 Å². The van der Waals surface area contributed by atoms with Gasteiger partial charge in [0.25, 0.3) is 0 Å². The molecule has 8 heteroatoms. The number of rotatable bonds is 4. The quantitative estimate of drug-likeness (QED) is 0.561. The summed E-state index contributed by atoms with van der Waals surface area (Å²) in [5.74, 6) is -0.166. The average molecular weight is 503 g/mol. The van der Waals surface area contributed by atoms with Gasteiger partial charge in [0.1, 0.15) is 11.9 Å². The van der Waals surface area contributed by atoms with E-state index in [1.807, 2.05) is 35.2 Å². The molecule has 0 saturated carbocycles. The average Bonchev–Trinajstić information content (AvgIpc) is 3.40. The summed E-state index contributed by atoms with van der Waals surface area (Å²) < 4.78 is 20.3. The molecule has 3 aromatic carbocycles. The molecule has 6 atom stereocenters. The maximum absolute atomic E-state index is 13.9. The van der Waals surface area contributed by atoms with E-state index in [1.54, 1.807) is 12.1 Å². The highest BCUT2D eigenvalue weighted by atomic mass is 35.5. The normalized spacial score (nSPS) is 35.1. The predicted molar refractivity (Wildman–Crippen MR) is 134 cm³/mol. The van der Waals surface area contributed by atoms with Gasteiger partial charge in [-0.15, -0.1) is 0 Å². The Morgan fingerprint density at radius 3 is 2.67 bits per heavy atom. The number of para-hydroxylation sites is 1. The maximum atomic E-state index is 13.9. The fourth-order valence-corrected chi connectivity index (χ4v) is 7.70. The zero-order chi connectivity index (χ0) is 24.2. The van der Waals surface area contributed by atoms with Crippen molar-refractivity contribution in [1.82, 2.24) is 9.80 Å². The molecule has 4 fully saturated rings. The van der Waals surface area contributed by atoms with Crippen LogP contribution in [0.2, 0.25) is 5.02 Å². The van der Waals surface area contributed by atoms with Gasteiger partial charge in [-0.1, -0.05) is 41.9 Å². The smallest absolute Gasteiger partial charge is 0.240 e. The van der Waals surface area contributed by atoms with E-state index < -0.39 is 11.3 Å². The standard InChI is InChI=1S/C28H24ClFN4O2/c29-17-7-11-19(12-8-17)32-28-24-13-22-26(35)33(14-16-5-9-18(30)10-6-16)15-23(34(22)28)25-27(28,36-24)20-3-1-2-4-21(20)31-25/h1-12,22-25,31-32H,13-15H2/t22-,23?,24?,25+,27?,28?/m0/s1. The summed E-state index contributed by atoms with van der Waals surface area (Å²) in [6.07, 6.45) is 0.500. The molecule has 0 aromatic heterocycles. The number of piperazine rings is 1. The Bertz CT molecular complexity index is 1400. The van der Waals surface area contributed by atoms with Crippen LogP contribution < -0.4 is 10.6 Å². The first-order chi connectivity index (χ1) is 17.5. The van der Waals surface area contributed by atoms with Crippen molar-refractivity contribution >= 4 is 28.9 Å². The molecule has 36 heavy (non-hydrogen) atoms. The molecule has 5 aliphatic heterocycles. The number of carbonyl (C=O) groups is 1. The first-order valence-corrected chi connectivity index (χ1v) is 12.8. The Morgan fingerprint density at radius 2 is 1.86 bits per heavy atom. The maximum Gasteiger partial charge on any atom is 0.240 e. The van der Waals surface area contributed by atoms with Crippen molar-refractivity contribution < 1.29 is 13.9 Å². The molecular formula is C28H24ClFN4O2. The Morgan fingerprint density at radius 1 is 1.08 bits per heavy atom. The number of nitrogens with one attached hydrogen (secondary N) is 2. The molecule has 0 aliphatic carbocycles. The van der Waals surface area contributed by atoms with E-state index in [0.29, 0.717) is 24.5 Å². The van der Waals surface area contributed by atoms with Crippen LogP contribution in [0.25, 0.3) is 0 Å². The Kier molecular flexibility index (Phi) is 4.08. The first kappa shape index (κ1) is 21.0. The molecule has 3 aromatic rings. The number of fused-ring (bicyclic) bond motifs is 2. The van der Waals surface area contributed by atoms with Crippen LogP contribution in [0.3, 0.4) is 0 Å². The summed E-state index contributed by atoms with van der Waals surface area (Å²) in [6.45, 7) is 1.04. The lowest BCUT2D eigenvalue weighted by Crippen LogP contribution is -2.77. The van der Waals surface area contributed by atoms with Crippen LogP contribution in [0, 0.1) is 5.82 Å². The SMILES string of the molecule is O=C1[C@@H]2CC3OC45c6ccccc6N[C@@H]4C(CN1Cc1ccc(F)cc1)N2C35Nc1ccc(Cl)cc1. The van der Waals surface area contributed by atoms with Crippen LogP contribution in [0.1, 0.15) is 17.5 Å². The highest BCUT2D eigenvalue weighted by Crippen LogP contribution is 2.70. The molecule has 182 valence electrons. The minimum absolute atomic E-state index is 0.0161. The van der Waals surface area contributed by atoms with E-state index in [-0.39, 0.29) is 36.0 Å².